The zero-order chi connectivity index (χ0) is 12.4. The molecular weight excluding hydrogens is 254 g/mol. The highest BCUT2D eigenvalue weighted by atomic mass is 35.5. The first-order chi connectivity index (χ1) is 8.06. The minimum absolute atomic E-state index is 0.666. The zero-order valence-corrected chi connectivity index (χ0v) is 11.3. The van der Waals surface area contributed by atoms with E-state index in [4.69, 9.17) is 17.3 Å². The lowest BCUT2D eigenvalue weighted by atomic mass is 10.2. The molecule has 1 aromatic heterocycles. The number of nitrogens with zero attached hydrogens (tertiary/aromatic N) is 2. The molecule has 17 heavy (non-hydrogen) atoms. The van der Waals surface area contributed by atoms with Crippen molar-refractivity contribution in [3.05, 3.63) is 39.3 Å². The first kappa shape index (κ1) is 12.2. The first-order valence-electron chi connectivity index (χ1n) is 5.23. The number of nitrogen functional groups attached to an aromatic ring is 1. The molecule has 1 aromatic carbocycles. The van der Waals surface area contributed by atoms with Crippen LogP contribution in [0.25, 0.3) is 0 Å². The van der Waals surface area contributed by atoms with Crippen LogP contribution in [-0.2, 0) is 6.54 Å². The third-order valence-electron chi connectivity index (χ3n) is 2.45. The van der Waals surface area contributed by atoms with Crippen molar-refractivity contribution in [1.82, 2.24) is 4.98 Å². The highest BCUT2D eigenvalue weighted by Crippen LogP contribution is 2.28. The Morgan fingerprint density at radius 3 is 2.82 bits per heavy atom. The molecular formula is C12H14ClN3S. The van der Waals surface area contributed by atoms with Crippen LogP contribution in [0.4, 0.5) is 11.4 Å². The Morgan fingerprint density at radius 2 is 2.24 bits per heavy atom. The van der Waals surface area contributed by atoms with E-state index < -0.39 is 0 Å². The van der Waals surface area contributed by atoms with Crippen molar-refractivity contribution < 1.29 is 0 Å². The molecule has 3 nitrogen and oxygen atoms in total. The smallest absolute Gasteiger partial charge is 0.0898 e. The molecule has 0 saturated heterocycles. The van der Waals surface area contributed by atoms with E-state index in [2.05, 4.69) is 15.3 Å². The number of thiazole rings is 1. The van der Waals surface area contributed by atoms with Crippen LogP contribution in [0.3, 0.4) is 0 Å². The summed E-state index contributed by atoms with van der Waals surface area (Å²) in [6.07, 6.45) is 0. The number of aryl methyl sites for hydroxylation is 1. The van der Waals surface area contributed by atoms with Crippen molar-refractivity contribution in [1.29, 1.82) is 0 Å². The third kappa shape index (κ3) is 2.90. The van der Waals surface area contributed by atoms with Gasteiger partial charge in [0.15, 0.2) is 0 Å². The topological polar surface area (TPSA) is 42.2 Å². The number of aromatic nitrogens is 1. The molecule has 0 bridgehead atoms. The molecule has 2 rings (SSSR count). The van der Waals surface area contributed by atoms with Gasteiger partial charge in [0.25, 0.3) is 0 Å². The fraction of sp³-hybridized carbons (Fsp3) is 0.250. The van der Waals surface area contributed by atoms with Crippen molar-refractivity contribution in [3.8, 4) is 0 Å². The van der Waals surface area contributed by atoms with Gasteiger partial charge in [0, 0.05) is 18.1 Å². The van der Waals surface area contributed by atoms with Crippen molar-refractivity contribution in [2.75, 3.05) is 17.7 Å². The Hall–Kier alpha value is -1.26. The summed E-state index contributed by atoms with van der Waals surface area (Å²) in [4.78, 5) is 6.50. The van der Waals surface area contributed by atoms with Gasteiger partial charge in [0.05, 0.1) is 28.0 Å². The fourth-order valence-electron chi connectivity index (χ4n) is 1.64. The highest BCUT2D eigenvalue weighted by Gasteiger charge is 2.08. The van der Waals surface area contributed by atoms with E-state index in [-0.39, 0.29) is 0 Å². The van der Waals surface area contributed by atoms with Crippen LogP contribution in [0.2, 0.25) is 5.02 Å². The first-order valence-corrected chi connectivity index (χ1v) is 6.49. The molecule has 0 radical (unpaired) electrons. The summed E-state index contributed by atoms with van der Waals surface area (Å²) in [6.45, 7) is 2.75. The van der Waals surface area contributed by atoms with E-state index in [1.165, 1.54) is 0 Å². The number of hydrogen-bond acceptors (Lipinski definition) is 4. The summed E-state index contributed by atoms with van der Waals surface area (Å²) in [5.41, 5.74) is 8.37. The van der Waals surface area contributed by atoms with Gasteiger partial charge in [-0.25, -0.2) is 4.98 Å². The SMILES string of the molecule is Cc1nc(CN(C)c2ccc(N)cc2Cl)cs1. The van der Waals surface area contributed by atoms with Gasteiger partial charge in [-0.3, -0.25) is 0 Å². The summed E-state index contributed by atoms with van der Waals surface area (Å²) in [5.74, 6) is 0. The average Bonchev–Trinajstić information content (AvgIpc) is 2.63. The third-order valence-corrected chi connectivity index (χ3v) is 3.57. The molecule has 0 atom stereocenters. The van der Waals surface area contributed by atoms with E-state index in [1.54, 1.807) is 17.4 Å². The number of halogens is 1. The molecule has 2 aromatic rings. The van der Waals surface area contributed by atoms with Crippen molar-refractivity contribution >= 4 is 34.3 Å². The minimum Gasteiger partial charge on any atom is -0.399 e. The number of rotatable bonds is 3. The largest absolute Gasteiger partial charge is 0.399 e. The summed E-state index contributed by atoms with van der Waals surface area (Å²) in [6, 6.07) is 5.54. The van der Waals surface area contributed by atoms with Crippen LogP contribution in [0, 0.1) is 6.92 Å². The molecule has 0 aliphatic heterocycles. The van der Waals surface area contributed by atoms with Crippen molar-refractivity contribution in [2.45, 2.75) is 13.5 Å². The maximum atomic E-state index is 6.16. The Bertz CT molecular complexity index is 524. The summed E-state index contributed by atoms with van der Waals surface area (Å²) in [5, 5.41) is 3.81. The molecule has 0 unspecified atom stereocenters. The van der Waals surface area contributed by atoms with E-state index in [9.17, 15) is 0 Å². The lowest BCUT2D eigenvalue weighted by molar-refractivity contribution is 0.890. The van der Waals surface area contributed by atoms with Crippen LogP contribution in [0.15, 0.2) is 23.6 Å². The molecule has 2 N–H and O–H groups in total. The molecule has 0 spiro atoms. The van der Waals surface area contributed by atoms with Crippen LogP contribution in [0.1, 0.15) is 10.7 Å². The summed E-state index contributed by atoms with van der Waals surface area (Å²) >= 11 is 7.81. The van der Waals surface area contributed by atoms with Crippen molar-refractivity contribution in [2.24, 2.45) is 0 Å². The van der Waals surface area contributed by atoms with Crippen molar-refractivity contribution in [3.63, 3.8) is 0 Å². The lowest BCUT2D eigenvalue weighted by Crippen LogP contribution is -2.17. The Balaban J connectivity index is 2.17. The van der Waals surface area contributed by atoms with Crippen LogP contribution in [-0.4, -0.2) is 12.0 Å². The van der Waals surface area contributed by atoms with Gasteiger partial charge < -0.3 is 10.6 Å². The normalized spacial score (nSPS) is 10.5. The fourth-order valence-corrected chi connectivity index (χ4v) is 2.58. The van der Waals surface area contributed by atoms with Gasteiger partial charge in [-0.1, -0.05) is 11.6 Å². The molecule has 0 aliphatic carbocycles. The molecule has 0 amide bonds. The lowest BCUT2D eigenvalue weighted by Gasteiger charge is -2.19. The van der Waals surface area contributed by atoms with Gasteiger partial charge >= 0.3 is 0 Å². The van der Waals surface area contributed by atoms with Crippen LogP contribution in [0.5, 0.6) is 0 Å². The monoisotopic (exact) mass is 267 g/mol. The maximum Gasteiger partial charge on any atom is 0.0898 e. The molecule has 5 heteroatoms. The molecule has 0 saturated carbocycles. The molecule has 0 fully saturated rings. The maximum absolute atomic E-state index is 6.16. The van der Waals surface area contributed by atoms with E-state index >= 15 is 0 Å². The molecule has 0 aliphatic rings. The second-order valence-corrected chi connectivity index (χ2v) is 5.39. The van der Waals surface area contributed by atoms with Gasteiger partial charge in [-0.15, -0.1) is 11.3 Å². The Morgan fingerprint density at radius 1 is 1.47 bits per heavy atom. The van der Waals surface area contributed by atoms with E-state index in [0.29, 0.717) is 10.7 Å². The van der Waals surface area contributed by atoms with E-state index in [0.717, 1.165) is 22.9 Å². The average molecular weight is 268 g/mol. The predicted molar refractivity (Wildman–Crippen MR) is 74.8 cm³/mol. The zero-order valence-electron chi connectivity index (χ0n) is 9.77. The van der Waals surface area contributed by atoms with Gasteiger partial charge in [-0.2, -0.15) is 0 Å². The number of nitrogens with two attached hydrogens (primary N) is 1. The summed E-state index contributed by atoms with van der Waals surface area (Å²) < 4.78 is 0. The van der Waals surface area contributed by atoms with Gasteiger partial charge in [0.1, 0.15) is 0 Å². The standard InChI is InChI=1S/C12H14ClN3S/c1-8-15-10(7-17-8)6-16(2)12-4-3-9(14)5-11(12)13/h3-5,7H,6,14H2,1-2H3. The van der Waals surface area contributed by atoms with Crippen LogP contribution >= 0.6 is 22.9 Å². The minimum atomic E-state index is 0.666. The van der Waals surface area contributed by atoms with Crippen LogP contribution < -0.4 is 10.6 Å². The molecule has 1 heterocycles. The van der Waals surface area contributed by atoms with Gasteiger partial charge in [-0.05, 0) is 25.1 Å². The Kier molecular flexibility index (Phi) is 3.54. The molecule has 90 valence electrons. The van der Waals surface area contributed by atoms with Gasteiger partial charge in [0.2, 0.25) is 0 Å². The number of hydrogen-bond donors (Lipinski definition) is 1. The quantitative estimate of drug-likeness (QED) is 0.868. The highest BCUT2D eigenvalue weighted by molar-refractivity contribution is 7.09. The summed E-state index contributed by atoms with van der Waals surface area (Å²) in [7, 11) is 1.99. The second kappa shape index (κ2) is 4.94. The number of anilines is 2. The van der Waals surface area contributed by atoms with E-state index in [1.807, 2.05) is 26.1 Å². The second-order valence-electron chi connectivity index (χ2n) is 3.92. The predicted octanol–water partition coefficient (Wildman–Crippen LogP) is 3.32. The number of benzene rings is 1. The Labute approximate surface area is 110 Å².